The molecule has 4 unspecified atom stereocenters. The summed E-state index contributed by atoms with van der Waals surface area (Å²) in [6.07, 6.45) is -3.32. The van der Waals surface area contributed by atoms with Crippen molar-refractivity contribution in [2.75, 3.05) is 7.11 Å². The molecule has 1 rings (SSSR count). The lowest BCUT2D eigenvalue weighted by Gasteiger charge is -2.45. The summed E-state index contributed by atoms with van der Waals surface area (Å²) in [6.45, 7) is 5.16. The van der Waals surface area contributed by atoms with E-state index in [2.05, 4.69) is 6.58 Å². The number of rotatable bonds is 2. The average molecular weight is 204 g/mol. The van der Waals surface area contributed by atoms with Gasteiger partial charge < -0.3 is 24.8 Å². The molecule has 0 aromatic rings. The Labute approximate surface area is 82.6 Å². The lowest BCUT2D eigenvalue weighted by molar-refractivity contribution is -0.305. The maximum Gasteiger partial charge on any atom is 0.184 e. The van der Waals surface area contributed by atoms with Gasteiger partial charge in [0.2, 0.25) is 0 Å². The topological polar surface area (TPSA) is 79.2 Å². The fraction of sp³-hybridized carbons (Fsp3) is 0.778. The van der Waals surface area contributed by atoms with Gasteiger partial charge in [-0.15, -0.1) is 6.58 Å². The molecule has 0 aromatic heterocycles. The van der Waals surface area contributed by atoms with Crippen LogP contribution in [0.1, 0.15) is 6.92 Å². The summed E-state index contributed by atoms with van der Waals surface area (Å²) in [5.41, 5.74) is -1.01. The zero-order valence-corrected chi connectivity index (χ0v) is 8.25. The molecular weight excluding hydrogens is 188 g/mol. The summed E-state index contributed by atoms with van der Waals surface area (Å²) >= 11 is 0. The molecule has 1 heterocycles. The van der Waals surface area contributed by atoms with Gasteiger partial charge in [-0.05, 0) is 6.92 Å². The van der Waals surface area contributed by atoms with Gasteiger partial charge in [-0.2, -0.15) is 0 Å². The van der Waals surface area contributed by atoms with Gasteiger partial charge in [0.1, 0.15) is 23.9 Å². The SMILES string of the molecule is C=C[C@]1(C)OC(O)C(O)C(O)C1OC. The van der Waals surface area contributed by atoms with E-state index in [0.717, 1.165) is 0 Å². The average Bonchev–Trinajstić information content (AvgIpc) is 2.15. The zero-order valence-electron chi connectivity index (χ0n) is 8.25. The molecule has 3 N–H and O–H groups in total. The smallest absolute Gasteiger partial charge is 0.184 e. The second-order valence-corrected chi connectivity index (χ2v) is 3.53. The van der Waals surface area contributed by atoms with Crippen molar-refractivity contribution in [2.24, 2.45) is 0 Å². The van der Waals surface area contributed by atoms with Crippen molar-refractivity contribution in [3.05, 3.63) is 12.7 Å². The third-order valence-corrected chi connectivity index (χ3v) is 2.55. The van der Waals surface area contributed by atoms with Crippen LogP contribution in [0.4, 0.5) is 0 Å². The molecule has 0 aromatic carbocycles. The molecule has 0 saturated carbocycles. The van der Waals surface area contributed by atoms with Crippen molar-refractivity contribution < 1.29 is 24.8 Å². The second kappa shape index (κ2) is 3.96. The molecule has 0 aliphatic carbocycles. The van der Waals surface area contributed by atoms with Crippen LogP contribution in [0, 0.1) is 0 Å². The van der Waals surface area contributed by atoms with Crippen LogP contribution in [-0.4, -0.2) is 52.6 Å². The normalized spacial score (nSPS) is 48.9. The van der Waals surface area contributed by atoms with Crippen LogP contribution in [0.15, 0.2) is 12.7 Å². The van der Waals surface area contributed by atoms with Gasteiger partial charge in [0.15, 0.2) is 6.29 Å². The van der Waals surface area contributed by atoms with Gasteiger partial charge in [0.25, 0.3) is 0 Å². The molecule has 0 radical (unpaired) electrons. The Balaban J connectivity index is 2.93. The van der Waals surface area contributed by atoms with Crippen LogP contribution in [0.5, 0.6) is 0 Å². The monoisotopic (exact) mass is 204 g/mol. The van der Waals surface area contributed by atoms with E-state index in [0.29, 0.717) is 0 Å². The quantitative estimate of drug-likeness (QED) is 0.504. The maximum atomic E-state index is 9.61. The summed E-state index contributed by atoms with van der Waals surface area (Å²) in [6, 6.07) is 0. The Morgan fingerprint density at radius 1 is 1.36 bits per heavy atom. The first-order valence-corrected chi connectivity index (χ1v) is 4.34. The number of hydrogen-bond acceptors (Lipinski definition) is 5. The Bertz CT molecular complexity index is 219. The molecular formula is C9H16O5. The van der Waals surface area contributed by atoms with Crippen LogP contribution >= 0.6 is 0 Å². The third kappa shape index (κ3) is 1.69. The highest BCUT2D eigenvalue weighted by Crippen LogP contribution is 2.31. The lowest BCUT2D eigenvalue weighted by atomic mass is 9.88. The Kier molecular flexibility index (Phi) is 3.28. The van der Waals surface area contributed by atoms with E-state index in [1.165, 1.54) is 13.2 Å². The van der Waals surface area contributed by atoms with Gasteiger partial charge >= 0.3 is 0 Å². The van der Waals surface area contributed by atoms with Crippen molar-refractivity contribution >= 4 is 0 Å². The molecule has 1 saturated heterocycles. The molecule has 5 atom stereocenters. The van der Waals surface area contributed by atoms with Gasteiger partial charge in [-0.25, -0.2) is 0 Å². The minimum Gasteiger partial charge on any atom is -0.387 e. The van der Waals surface area contributed by atoms with Crippen molar-refractivity contribution in [2.45, 2.75) is 37.1 Å². The van der Waals surface area contributed by atoms with Crippen molar-refractivity contribution in [3.63, 3.8) is 0 Å². The molecule has 5 heteroatoms. The van der Waals surface area contributed by atoms with E-state index in [-0.39, 0.29) is 0 Å². The van der Waals surface area contributed by atoms with E-state index in [9.17, 15) is 15.3 Å². The summed E-state index contributed by atoms with van der Waals surface area (Å²) < 4.78 is 10.1. The van der Waals surface area contributed by atoms with Gasteiger partial charge in [0.05, 0.1) is 0 Å². The first kappa shape index (κ1) is 11.6. The molecule has 1 fully saturated rings. The molecule has 0 amide bonds. The molecule has 0 spiro atoms. The number of ether oxygens (including phenoxy) is 2. The van der Waals surface area contributed by atoms with E-state index >= 15 is 0 Å². The lowest BCUT2D eigenvalue weighted by Crippen LogP contribution is -2.62. The third-order valence-electron chi connectivity index (χ3n) is 2.55. The molecule has 14 heavy (non-hydrogen) atoms. The largest absolute Gasteiger partial charge is 0.387 e. The Morgan fingerprint density at radius 3 is 2.36 bits per heavy atom. The minimum atomic E-state index is -1.43. The molecule has 1 aliphatic rings. The van der Waals surface area contributed by atoms with E-state index < -0.39 is 30.2 Å². The van der Waals surface area contributed by atoms with E-state index in [1.54, 1.807) is 6.92 Å². The van der Waals surface area contributed by atoms with Crippen molar-refractivity contribution in [1.29, 1.82) is 0 Å². The van der Waals surface area contributed by atoms with Crippen LogP contribution in [-0.2, 0) is 9.47 Å². The summed E-state index contributed by atoms with van der Waals surface area (Å²) in [5, 5.41) is 28.2. The standard InChI is InChI=1S/C9H16O5/c1-4-9(2)7(13-3)5(10)6(11)8(12)14-9/h4-8,10-12H,1H2,2-3H3/t5?,6?,7?,8?,9-/m0/s1. The highest BCUT2D eigenvalue weighted by Gasteiger charge is 2.49. The van der Waals surface area contributed by atoms with Crippen LogP contribution < -0.4 is 0 Å². The molecule has 0 bridgehead atoms. The summed E-state index contributed by atoms with van der Waals surface area (Å²) in [7, 11) is 1.39. The molecule has 5 nitrogen and oxygen atoms in total. The summed E-state index contributed by atoms with van der Waals surface area (Å²) in [4.78, 5) is 0. The van der Waals surface area contributed by atoms with E-state index in [1.807, 2.05) is 0 Å². The first-order valence-electron chi connectivity index (χ1n) is 4.34. The van der Waals surface area contributed by atoms with Crippen LogP contribution in [0.25, 0.3) is 0 Å². The molecule has 1 aliphatic heterocycles. The number of hydrogen-bond donors (Lipinski definition) is 3. The maximum absolute atomic E-state index is 9.61. The summed E-state index contributed by atoms with van der Waals surface area (Å²) in [5.74, 6) is 0. The second-order valence-electron chi connectivity index (χ2n) is 3.53. The fourth-order valence-corrected chi connectivity index (χ4v) is 1.62. The van der Waals surface area contributed by atoms with Crippen molar-refractivity contribution in [3.8, 4) is 0 Å². The highest BCUT2D eigenvalue weighted by atomic mass is 16.7. The highest BCUT2D eigenvalue weighted by molar-refractivity contribution is 5.07. The van der Waals surface area contributed by atoms with Gasteiger partial charge in [0, 0.05) is 7.11 Å². The fourth-order valence-electron chi connectivity index (χ4n) is 1.62. The first-order chi connectivity index (χ1) is 6.46. The van der Waals surface area contributed by atoms with Crippen LogP contribution in [0.3, 0.4) is 0 Å². The number of aliphatic hydroxyl groups excluding tert-OH is 3. The van der Waals surface area contributed by atoms with Gasteiger partial charge in [-0.1, -0.05) is 6.08 Å². The molecule has 82 valence electrons. The number of aliphatic hydroxyl groups is 3. The van der Waals surface area contributed by atoms with E-state index in [4.69, 9.17) is 9.47 Å². The predicted octanol–water partition coefficient (Wildman–Crippen LogP) is -0.984. The zero-order chi connectivity index (χ0) is 10.9. The minimum absolute atomic E-state index is 0.751. The Morgan fingerprint density at radius 2 is 1.93 bits per heavy atom. The number of methoxy groups -OCH3 is 1. The predicted molar refractivity (Wildman–Crippen MR) is 48.5 cm³/mol. The Hall–Kier alpha value is -0.460. The van der Waals surface area contributed by atoms with Crippen LogP contribution in [0.2, 0.25) is 0 Å². The van der Waals surface area contributed by atoms with Gasteiger partial charge in [-0.3, -0.25) is 0 Å². The van der Waals surface area contributed by atoms with Crippen molar-refractivity contribution in [1.82, 2.24) is 0 Å².